The zero-order valence-electron chi connectivity index (χ0n) is 11.1. The molecule has 0 aliphatic heterocycles. The van der Waals surface area contributed by atoms with Gasteiger partial charge in [-0.1, -0.05) is 32.0 Å². The first kappa shape index (κ1) is 15.7. The highest BCUT2D eigenvalue weighted by molar-refractivity contribution is 6.01. The molecule has 0 bridgehead atoms. The van der Waals surface area contributed by atoms with Crippen LogP contribution in [0.5, 0.6) is 0 Å². The van der Waals surface area contributed by atoms with Crippen molar-refractivity contribution < 1.29 is 22.7 Å². The molecule has 1 unspecified atom stereocenters. The van der Waals surface area contributed by atoms with Gasteiger partial charge in [0.15, 0.2) is 5.78 Å². The second-order valence-electron chi connectivity index (χ2n) is 4.53. The highest BCUT2D eigenvalue weighted by Gasteiger charge is 2.37. The Kier molecular flexibility index (Phi) is 5.11. The zero-order chi connectivity index (χ0) is 14.6. The topological polar surface area (TPSA) is 26.3 Å². The molecule has 0 fully saturated rings. The van der Waals surface area contributed by atoms with E-state index in [9.17, 15) is 18.0 Å². The lowest BCUT2D eigenvalue weighted by molar-refractivity contribution is -0.138. The molecule has 1 aromatic carbocycles. The summed E-state index contributed by atoms with van der Waals surface area (Å²) in [4.78, 5) is 12.2. The lowest BCUT2D eigenvalue weighted by Crippen LogP contribution is -2.31. The van der Waals surface area contributed by atoms with Gasteiger partial charge in [0, 0.05) is 12.2 Å². The van der Waals surface area contributed by atoms with Crippen molar-refractivity contribution >= 4 is 5.78 Å². The van der Waals surface area contributed by atoms with Gasteiger partial charge in [0.05, 0.1) is 5.56 Å². The first-order valence-electron chi connectivity index (χ1n) is 6.11. The monoisotopic (exact) mass is 274 g/mol. The van der Waals surface area contributed by atoms with Gasteiger partial charge in [-0.05, 0) is 18.9 Å². The number of hydrogen-bond donors (Lipinski definition) is 0. The van der Waals surface area contributed by atoms with Crippen molar-refractivity contribution in [3.8, 4) is 0 Å². The van der Waals surface area contributed by atoms with Crippen LogP contribution >= 0.6 is 0 Å². The van der Waals surface area contributed by atoms with E-state index in [2.05, 4.69) is 0 Å². The minimum atomic E-state index is -4.54. The first-order valence-corrected chi connectivity index (χ1v) is 6.11. The van der Waals surface area contributed by atoms with Crippen LogP contribution in [0, 0.1) is 5.92 Å². The quantitative estimate of drug-likeness (QED) is 0.760. The second kappa shape index (κ2) is 6.19. The van der Waals surface area contributed by atoms with Gasteiger partial charge in [0.1, 0.15) is 6.10 Å². The summed E-state index contributed by atoms with van der Waals surface area (Å²) in [7, 11) is 0. The summed E-state index contributed by atoms with van der Waals surface area (Å²) < 4.78 is 43.9. The second-order valence-corrected chi connectivity index (χ2v) is 4.53. The number of ether oxygens (including phenoxy) is 1. The molecule has 0 amide bonds. The molecule has 0 aromatic heterocycles. The Bertz CT molecular complexity index is 439. The van der Waals surface area contributed by atoms with Crippen molar-refractivity contribution in [2.75, 3.05) is 6.61 Å². The van der Waals surface area contributed by atoms with E-state index in [4.69, 9.17) is 4.74 Å². The highest BCUT2D eigenvalue weighted by Crippen LogP contribution is 2.33. The van der Waals surface area contributed by atoms with E-state index in [1.807, 2.05) is 0 Å². The maximum atomic E-state index is 12.9. The van der Waals surface area contributed by atoms with Crippen molar-refractivity contribution in [1.82, 2.24) is 0 Å². The number of benzene rings is 1. The van der Waals surface area contributed by atoms with Gasteiger partial charge in [-0.3, -0.25) is 4.79 Å². The first-order chi connectivity index (χ1) is 8.79. The van der Waals surface area contributed by atoms with Crippen LogP contribution < -0.4 is 0 Å². The summed E-state index contributed by atoms with van der Waals surface area (Å²) in [6.07, 6.45) is -5.39. The van der Waals surface area contributed by atoms with E-state index in [0.29, 0.717) is 0 Å². The normalized spacial score (nSPS) is 13.6. The summed E-state index contributed by atoms with van der Waals surface area (Å²) in [5, 5.41) is 0. The number of hydrogen-bond acceptors (Lipinski definition) is 2. The van der Waals surface area contributed by atoms with Crippen LogP contribution in [-0.4, -0.2) is 18.5 Å². The molecule has 0 heterocycles. The maximum Gasteiger partial charge on any atom is 0.417 e. The van der Waals surface area contributed by atoms with Crippen LogP contribution in [0.1, 0.15) is 36.7 Å². The summed E-state index contributed by atoms with van der Waals surface area (Å²) in [6, 6.07) is 4.80. The molecule has 2 nitrogen and oxygen atoms in total. The minimum Gasteiger partial charge on any atom is -0.370 e. The summed E-state index contributed by atoms with van der Waals surface area (Å²) in [5.74, 6) is -0.807. The van der Waals surface area contributed by atoms with Crippen molar-refractivity contribution in [3.05, 3.63) is 35.4 Å². The maximum absolute atomic E-state index is 12.9. The summed E-state index contributed by atoms with van der Waals surface area (Å²) >= 11 is 0. The summed E-state index contributed by atoms with van der Waals surface area (Å²) in [6.45, 7) is 5.48. The van der Waals surface area contributed by atoms with E-state index in [-0.39, 0.29) is 18.1 Å². The number of carbonyl (C=O) groups excluding carboxylic acids is 1. The van der Waals surface area contributed by atoms with Crippen LogP contribution in [0.2, 0.25) is 0 Å². The van der Waals surface area contributed by atoms with Crippen molar-refractivity contribution in [3.63, 3.8) is 0 Å². The van der Waals surface area contributed by atoms with E-state index >= 15 is 0 Å². The fourth-order valence-corrected chi connectivity index (χ4v) is 1.85. The fraction of sp³-hybridized carbons (Fsp3) is 0.500. The summed E-state index contributed by atoms with van der Waals surface area (Å²) in [5.41, 5.74) is -1.24. The van der Waals surface area contributed by atoms with Crippen LogP contribution in [0.15, 0.2) is 24.3 Å². The number of halogens is 3. The molecule has 5 heteroatoms. The Labute approximate surface area is 110 Å². The molecular formula is C14H17F3O2. The third-order valence-corrected chi connectivity index (χ3v) is 2.71. The van der Waals surface area contributed by atoms with E-state index in [1.165, 1.54) is 18.2 Å². The Hall–Kier alpha value is -1.36. The van der Waals surface area contributed by atoms with E-state index < -0.39 is 23.6 Å². The van der Waals surface area contributed by atoms with Crippen molar-refractivity contribution in [1.29, 1.82) is 0 Å². The third-order valence-electron chi connectivity index (χ3n) is 2.71. The number of Topliss-reactive ketones (excluding diaryl/α,β-unsaturated/α-hetero) is 1. The van der Waals surface area contributed by atoms with Crippen molar-refractivity contribution in [2.24, 2.45) is 5.92 Å². The SMILES string of the molecule is CCOC(C(=O)c1ccccc1C(F)(F)F)C(C)C. The molecule has 0 N–H and O–H groups in total. The standard InChI is InChI=1S/C14H17F3O2/c1-4-19-13(9(2)3)12(18)10-7-5-6-8-11(10)14(15,16)17/h5-9,13H,4H2,1-3H3. The Morgan fingerprint density at radius 1 is 1.26 bits per heavy atom. The largest absolute Gasteiger partial charge is 0.417 e. The lowest BCUT2D eigenvalue weighted by Gasteiger charge is -2.21. The van der Waals surface area contributed by atoms with Gasteiger partial charge in [-0.15, -0.1) is 0 Å². The van der Waals surface area contributed by atoms with E-state index in [1.54, 1.807) is 20.8 Å². The molecular weight excluding hydrogens is 257 g/mol. The average Bonchev–Trinajstić information content (AvgIpc) is 2.33. The van der Waals surface area contributed by atoms with Crippen LogP contribution in [-0.2, 0) is 10.9 Å². The van der Waals surface area contributed by atoms with Gasteiger partial charge in [0.2, 0.25) is 0 Å². The molecule has 1 atom stereocenters. The minimum absolute atomic E-state index is 0.186. The molecule has 1 rings (SSSR count). The van der Waals surface area contributed by atoms with Gasteiger partial charge in [-0.2, -0.15) is 13.2 Å². The molecule has 19 heavy (non-hydrogen) atoms. The van der Waals surface area contributed by atoms with Gasteiger partial charge in [-0.25, -0.2) is 0 Å². The molecule has 0 aliphatic carbocycles. The van der Waals surface area contributed by atoms with Crippen LogP contribution in [0.25, 0.3) is 0 Å². The Balaban J connectivity index is 3.18. The highest BCUT2D eigenvalue weighted by atomic mass is 19.4. The zero-order valence-corrected chi connectivity index (χ0v) is 11.1. The number of carbonyl (C=O) groups is 1. The molecule has 1 aromatic rings. The lowest BCUT2D eigenvalue weighted by atomic mass is 9.94. The average molecular weight is 274 g/mol. The molecule has 0 aliphatic rings. The molecule has 0 radical (unpaired) electrons. The molecule has 0 saturated carbocycles. The molecule has 0 saturated heterocycles. The Morgan fingerprint density at radius 2 is 1.84 bits per heavy atom. The predicted octanol–water partition coefficient (Wildman–Crippen LogP) is 3.95. The number of ketones is 1. The smallest absolute Gasteiger partial charge is 0.370 e. The van der Waals surface area contributed by atoms with Crippen LogP contribution in [0.3, 0.4) is 0 Å². The van der Waals surface area contributed by atoms with Gasteiger partial charge in [0.25, 0.3) is 0 Å². The fourth-order valence-electron chi connectivity index (χ4n) is 1.85. The number of rotatable bonds is 5. The predicted molar refractivity (Wildman–Crippen MR) is 66.0 cm³/mol. The Morgan fingerprint density at radius 3 is 2.32 bits per heavy atom. The molecule has 106 valence electrons. The third kappa shape index (κ3) is 3.80. The van der Waals surface area contributed by atoms with E-state index in [0.717, 1.165) is 6.07 Å². The van der Waals surface area contributed by atoms with Gasteiger partial charge < -0.3 is 4.74 Å². The van der Waals surface area contributed by atoms with Crippen LogP contribution in [0.4, 0.5) is 13.2 Å². The van der Waals surface area contributed by atoms with Gasteiger partial charge >= 0.3 is 6.18 Å². The molecule has 0 spiro atoms. The number of alkyl halides is 3. The van der Waals surface area contributed by atoms with Crippen molar-refractivity contribution in [2.45, 2.75) is 33.1 Å².